The van der Waals surface area contributed by atoms with Gasteiger partial charge in [-0.15, -0.1) is 0 Å². The summed E-state index contributed by atoms with van der Waals surface area (Å²) >= 11 is 3.65. The predicted octanol–water partition coefficient (Wildman–Crippen LogP) is 1.46. The summed E-state index contributed by atoms with van der Waals surface area (Å²) in [6, 6.07) is 0.596. The number of carbonyl (C=O) groups excluding carboxylic acids is 1. The molecular weight excluding hydrogens is 172 g/mol. The van der Waals surface area contributed by atoms with Crippen molar-refractivity contribution in [1.29, 1.82) is 0 Å². The third-order valence-corrected chi connectivity index (χ3v) is 2.53. The van der Waals surface area contributed by atoms with Crippen molar-refractivity contribution < 1.29 is 4.79 Å². The molecule has 0 aromatic carbocycles. The molecule has 0 aliphatic carbocycles. The third kappa shape index (κ3) is 3.03. The molecule has 12 heavy (non-hydrogen) atoms. The first-order valence-electron chi connectivity index (χ1n) is 4.41. The lowest BCUT2D eigenvalue weighted by atomic mass is 10.0. The molecule has 1 atom stereocenters. The number of likely N-dealkylation sites (tertiary alicyclic amines) is 1. The Morgan fingerprint density at radius 3 is 3.00 bits per heavy atom. The molecule has 0 radical (unpaired) electrons. The van der Waals surface area contributed by atoms with E-state index in [0.717, 1.165) is 6.54 Å². The van der Waals surface area contributed by atoms with Crippen LogP contribution in [-0.2, 0) is 0 Å². The Hall–Kier alpha value is -0.220. The molecule has 1 fully saturated rings. The lowest BCUT2D eigenvalue weighted by Gasteiger charge is -2.32. The number of carbonyl (C=O) groups is 1. The molecule has 1 heterocycles. The number of nitrogens with one attached hydrogen (secondary N) is 1. The molecule has 1 N–H and O–H groups in total. The fraction of sp³-hybridized carbons (Fsp3) is 0.875. The van der Waals surface area contributed by atoms with Gasteiger partial charge in [0.2, 0.25) is 0 Å². The summed E-state index contributed by atoms with van der Waals surface area (Å²) in [5.74, 6) is 0. The fourth-order valence-corrected chi connectivity index (χ4v) is 1.63. The zero-order valence-electron chi connectivity index (χ0n) is 7.42. The highest BCUT2D eigenvalue weighted by Gasteiger charge is 2.17. The second-order valence-electron chi connectivity index (χ2n) is 3.30. The van der Waals surface area contributed by atoms with Gasteiger partial charge in [0.1, 0.15) is 0 Å². The molecule has 1 aliphatic rings. The molecule has 0 saturated carbocycles. The molecule has 4 heteroatoms. The summed E-state index contributed by atoms with van der Waals surface area (Å²) in [5, 5.41) is 2.45. The molecule has 0 aromatic rings. The number of rotatable bonds is 2. The van der Waals surface area contributed by atoms with Gasteiger partial charge in [-0.3, -0.25) is 9.69 Å². The molecule has 0 aromatic heterocycles. The van der Waals surface area contributed by atoms with Gasteiger partial charge in [-0.2, -0.15) is 0 Å². The minimum Gasteiger partial charge on any atom is -0.334 e. The molecule has 70 valence electrons. The van der Waals surface area contributed by atoms with Gasteiger partial charge in [0.25, 0.3) is 5.24 Å². The van der Waals surface area contributed by atoms with Crippen molar-refractivity contribution in [3.8, 4) is 0 Å². The van der Waals surface area contributed by atoms with Crippen LogP contribution >= 0.6 is 12.6 Å². The highest BCUT2D eigenvalue weighted by molar-refractivity contribution is 7.96. The molecule has 3 nitrogen and oxygen atoms in total. The average Bonchev–Trinajstić information content (AvgIpc) is 2.03. The maximum Gasteiger partial charge on any atom is 0.276 e. The number of thiol groups is 1. The highest BCUT2D eigenvalue weighted by atomic mass is 32.1. The minimum atomic E-state index is -0.243. The van der Waals surface area contributed by atoms with E-state index >= 15 is 0 Å². The van der Waals surface area contributed by atoms with E-state index in [0.29, 0.717) is 12.7 Å². The Kier molecular flexibility index (Phi) is 3.88. The fourth-order valence-electron chi connectivity index (χ4n) is 1.56. The molecule has 1 amide bonds. The van der Waals surface area contributed by atoms with Crippen molar-refractivity contribution in [2.24, 2.45) is 0 Å². The standard InChI is InChI=1S/C8H16N2OS/c1-7-4-2-3-5-10(7)6-9-8(11)12/h7H,2-6H2,1H3,(H2,9,11,12). The van der Waals surface area contributed by atoms with Crippen LogP contribution in [0.3, 0.4) is 0 Å². The number of hydrogen-bond donors (Lipinski definition) is 2. The summed E-state index contributed by atoms with van der Waals surface area (Å²) in [6.07, 6.45) is 3.79. The summed E-state index contributed by atoms with van der Waals surface area (Å²) in [4.78, 5) is 12.8. The van der Waals surface area contributed by atoms with Crippen LogP contribution in [0.25, 0.3) is 0 Å². The molecule has 1 saturated heterocycles. The van der Waals surface area contributed by atoms with Crippen LogP contribution in [0.5, 0.6) is 0 Å². The van der Waals surface area contributed by atoms with E-state index in [1.807, 2.05) is 0 Å². The summed E-state index contributed by atoms with van der Waals surface area (Å²) < 4.78 is 0. The van der Waals surface area contributed by atoms with Crippen LogP contribution in [0, 0.1) is 0 Å². The Morgan fingerprint density at radius 1 is 1.67 bits per heavy atom. The molecule has 1 unspecified atom stereocenters. The Bertz CT molecular complexity index is 163. The number of nitrogens with zero attached hydrogens (tertiary/aromatic N) is 1. The molecule has 0 spiro atoms. The van der Waals surface area contributed by atoms with Crippen molar-refractivity contribution in [3.63, 3.8) is 0 Å². The van der Waals surface area contributed by atoms with Crippen LogP contribution in [0.2, 0.25) is 0 Å². The van der Waals surface area contributed by atoms with Gasteiger partial charge >= 0.3 is 0 Å². The number of piperidine rings is 1. The first kappa shape index (κ1) is 9.86. The van der Waals surface area contributed by atoms with Crippen molar-refractivity contribution in [2.75, 3.05) is 13.2 Å². The van der Waals surface area contributed by atoms with E-state index in [4.69, 9.17) is 0 Å². The smallest absolute Gasteiger partial charge is 0.276 e. The van der Waals surface area contributed by atoms with Gasteiger partial charge in [0.05, 0.1) is 6.67 Å². The van der Waals surface area contributed by atoms with Crippen LogP contribution < -0.4 is 5.32 Å². The number of hydrogen-bond acceptors (Lipinski definition) is 2. The van der Waals surface area contributed by atoms with Crippen molar-refractivity contribution in [3.05, 3.63) is 0 Å². The molecule has 1 aliphatic heterocycles. The van der Waals surface area contributed by atoms with Crippen molar-refractivity contribution in [1.82, 2.24) is 10.2 Å². The van der Waals surface area contributed by atoms with Gasteiger partial charge in [-0.05, 0) is 19.8 Å². The van der Waals surface area contributed by atoms with Crippen molar-refractivity contribution >= 4 is 17.9 Å². The van der Waals surface area contributed by atoms with Gasteiger partial charge in [0.15, 0.2) is 0 Å². The van der Waals surface area contributed by atoms with Crippen molar-refractivity contribution in [2.45, 2.75) is 32.2 Å². The van der Waals surface area contributed by atoms with E-state index in [1.54, 1.807) is 0 Å². The molecular formula is C8H16N2OS. The van der Waals surface area contributed by atoms with Gasteiger partial charge < -0.3 is 5.32 Å². The summed E-state index contributed by atoms with van der Waals surface area (Å²) in [7, 11) is 0. The first-order chi connectivity index (χ1) is 5.70. The average molecular weight is 188 g/mol. The maximum atomic E-state index is 10.5. The van der Waals surface area contributed by atoms with E-state index in [-0.39, 0.29) is 5.24 Å². The second kappa shape index (κ2) is 4.72. The summed E-state index contributed by atoms with van der Waals surface area (Å²) in [6.45, 7) is 3.93. The maximum absolute atomic E-state index is 10.5. The van der Waals surface area contributed by atoms with Gasteiger partial charge in [-0.1, -0.05) is 19.0 Å². The quantitative estimate of drug-likeness (QED) is 0.643. The Morgan fingerprint density at radius 2 is 2.42 bits per heavy atom. The first-order valence-corrected chi connectivity index (χ1v) is 4.85. The van der Waals surface area contributed by atoms with E-state index < -0.39 is 0 Å². The Balaban J connectivity index is 2.24. The zero-order valence-corrected chi connectivity index (χ0v) is 8.31. The second-order valence-corrected chi connectivity index (χ2v) is 3.70. The minimum absolute atomic E-state index is 0.243. The SMILES string of the molecule is CC1CCCCN1CNC(=O)S. The van der Waals surface area contributed by atoms with Gasteiger partial charge in [-0.25, -0.2) is 0 Å². The van der Waals surface area contributed by atoms with Crippen LogP contribution in [0.4, 0.5) is 4.79 Å². The highest BCUT2D eigenvalue weighted by Crippen LogP contribution is 2.14. The molecule has 1 rings (SSSR count). The van der Waals surface area contributed by atoms with E-state index in [2.05, 4.69) is 29.8 Å². The van der Waals surface area contributed by atoms with Crippen LogP contribution in [0.15, 0.2) is 0 Å². The van der Waals surface area contributed by atoms with Gasteiger partial charge in [0, 0.05) is 12.6 Å². The predicted molar refractivity (Wildman–Crippen MR) is 52.4 cm³/mol. The lowest BCUT2D eigenvalue weighted by molar-refractivity contribution is 0.152. The van der Waals surface area contributed by atoms with Crippen LogP contribution in [0.1, 0.15) is 26.2 Å². The van der Waals surface area contributed by atoms with E-state index in [1.165, 1.54) is 19.3 Å². The summed E-state index contributed by atoms with van der Waals surface area (Å²) in [5.41, 5.74) is 0. The Labute approximate surface area is 78.9 Å². The largest absolute Gasteiger partial charge is 0.334 e. The third-order valence-electron chi connectivity index (χ3n) is 2.37. The number of amides is 1. The van der Waals surface area contributed by atoms with E-state index in [9.17, 15) is 4.79 Å². The topological polar surface area (TPSA) is 32.3 Å². The zero-order chi connectivity index (χ0) is 8.97. The normalized spacial score (nSPS) is 25.3. The lowest BCUT2D eigenvalue weighted by Crippen LogP contribution is -2.43. The molecule has 0 bridgehead atoms. The van der Waals surface area contributed by atoms with Crippen LogP contribution in [-0.4, -0.2) is 29.4 Å². The monoisotopic (exact) mass is 188 g/mol.